The molecule has 5 nitrogen and oxygen atoms in total. The molecule has 0 spiro atoms. The second-order valence-electron chi connectivity index (χ2n) is 3.78. The summed E-state index contributed by atoms with van der Waals surface area (Å²) in [6.45, 7) is 4.70. The normalized spacial score (nSPS) is 16.1. The predicted molar refractivity (Wildman–Crippen MR) is 56.6 cm³/mol. The summed E-state index contributed by atoms with van der Waals surface area (Å²) in [6.07, 6.45) is 2.59. The Morgan fingerprint density at radius 1 is 1.67 bits per heavy atom. The molecule has 2 rings (SSSR count). The van der Waals surface area contributed by atoms with Crippen molar-refractivity contribution in [2.45, 2.75) is 19.4 Å². The van der Waals surface area contributed by atoms with Crippen LogP contribution in [0.1, 0.15) is 23.8 Å². The van der Waals surface area contributed by atoms with Crippen molar-refractivity contribution in [3.05, 3.63) is 18.0 Å². The largest absolute Gasteiger partial charge is 0.332 e. The number of H-pyrrole nitrogens is 1. The minimum Gasteiger partial charge on any atom is -0.332 e. The van der Waals surface area contributed by atoms with Crippen molar-refractivity contribution in [3.8, 4) is 0 Å². The smallest absolute Gasteiger partial charge is 0.272 e. The highest BCUT2D eigenvalue weighted by molar-refractivity contribution is 5.92. The molecule has 2 heterocycles. The van der Waals surface area contributed by atoms with E-state index in [1.807, 2.05) is 4.90 Å². The summed E-state index contributed by atoms with van der Waals surface area (Å²) < 4.78 is 0. The number of aromatic nitrogens is 2. The summed E-state index contributed by atoms with van der Waals surface area (Å²) in [5, 5.41) is 9.70. The molecule has 1 aliphatic rings. The van der Waals surface area contributed by atoms with Crippen molar-refractivity contribution in [2.24, 2.45) is 0 Å². The lowest BCUT2D eigenvalue weighted by Gasteiger charge is -2.37. The highest BCUT2D eigenvalue weighted by Gasteiger charge is 2.28. The molecule has 1 saturated heterocycles. The van der Waals surface area contributed by atoms with Gasteiger partial charge in [-0.2, -0.15) is 5.10 Å². The molecular weight excluding hydrogens is 192 g/mol. The monoisotopic (exact) mass is 208 g/mol. The van der Waals surface area contributed by atoms with E-state index in [2.05, 4.69) is 22.4 Å². The van der Waals surface area contributed by atoms with Crippen molar-refractivity contribution >= 4 is 5.91 Å². The van der Waals surface area contributed by atoms with Gasteiger partial charge in [-0.25, -0.2) is 0 Å². The second kappa shape index (κ2) is 4.44. The summed E-state index contributed by atoms with van der Waals surface area (Å²) in [7, 11) is 0. The molecule has 1 amide bonds. The first-order valence-corrected chi connectivity index (χ1v) is 5.34. The Kier molecular flexibility index (Phi) is 3.01. The van der Waals surface area contributed by atoms with Crippen molar-refractivity contribution in [3.63, 3.8) is 0 Å². The molecule has 0 aliphatic carbocycles. The molecule has 15 heavy (non-hydrogen) atoms. The Labute approximate surface area is 88.8 Å². The van der Waals surface area contributed by atoms with Gasteiger partial charge in [0, 0.05) is 25.8 Å². The molecule has 0 atom stereocenters. The zero-order chi connectivity index (χ0) is 10.7. The first kappa shape index (κ1) is 10.2. The number of hydrogen-bond donors (Lipinski definition) is 2. The third-order valence-electron chi connectivity index (χ3n) is 2.66. The molecule has 1 aromatic rings. The maximum absolute atomic E-state index is 12.1. The quantitative estimate of drug-likeness (QED) is 0.744. The van der Waals surface area contributed by atoms with Crippen molar-refractivity contribution in [1.82, 2.24) is 20.4 Å². The third-order valence-corrected chi connectivity index (χ3v) is 2.66. The van der Waals surface area contributed by atoms with E-state index < -0.39 is 0 Å². The molecule has 0 bridgehead atoms. The summed E-state index contributed by atoms with van der Waals surface area (Å²) >= 11 is 0. The Bertz CT molecular complexity index is 318. The second-order valence-corrected chi connectivity index (χ2v) is 3.78. The Hall–Kier alpha value is -1.36. The molecule has 1 aliphatic heterocycles. The van der Waals surface area contributed by atoms with Crippen LogP contribution in [-0.4, -0.2) is 46.7 Å². The zero-order valence-electron chi connectivity index (χ0n) is 8.86. The van der Waals surface area contributed by atoms with Crippen LogP contribution >= 0.6 is 0 Å². The van der Waals surface area contributed by atoms with Crippen LogP contribution in [0.5, 0.6) is 0 Å². The Morgan fingerprint density at radius 3 is 2.93 bits per heavy atom. The van der Waals surface area contributed by atoms with Crippen LogP contribution in [0.3, 0.4) is 0 Å². The molecule has 0 aromatic carbocycles. The van der Waals surface area contributed by atoms with E-state index in [1.165, 1.54) is 0 Å². The van der Waals surface area contributed by atoms with Crippen LogP contribution in [0, 0.1) is 0 Å². The van der Waals surface area contributed by atoms with Gasteiger partial charge < -0.3 is 10.2 Å². The molecule has 0 unspecified atom stereocenters. The van der Waals surface area contributed by atoms with E-state index in [0.29, 0.717) is 11.7 Å². The van der Waals surface area contributed by atoms with Gasteiger partial charge in [0.1, 0.15) is 5.69 Å². The Balaban J connectivity index is 2.06. The maximum atomic E-state index is 12.1. The summed E-state index contributed by atoms with van der Waals surface area (Å²) in [6, 6.07) is 2.07. The first-order chi connectivity index (χ1) is 7.33. The van der Waals surface area contributed by atoms with E-state index in [1.54, 1.807) is 12.3 Å². The number of aromatic amines is 1. The highest BCUT2D eigenvalue weighted by atomic mass is 16.2. The van der Waals surface area contributed by atoms with Gasteiger partial charge in [0.15, 0.2) is 0 Å². The molecule has 5 heteroatoms. The lowest BCUT2D eigenvalue weighted by Crippen LogP contribution is -2.59. The first-order valence-electron chi connectivity index (χ1n) is 5.34. The van der Waals surface area contributed by atoms with Gasteiger partial charge in [-0.3, -0.25) is 9.89 Å². The molecule has 82 valence electrons. The van der Waals surface area contributed by atoms with Crippen LogP contribution in [0.2, 0.25) is 0 Å². The highest BCUT2D eigenvalue weighted by Crippen LogP contribution is 2.10. The van der Waals surface area contributed by atoms with E-state index >= 15 is 0 Å². The van der Waals surface area contributed by atoms with Crippen LogP contribution in [0.4, 0.5) is 0 Å². The van der Waals surface area contributed by atoms with Crippen molar-refractivity contribution in [1.29, 1.82) is 0 Å². The van der Waals surface area contributed by atoms with Crippen LogP contribution < -0.4 is 5.32 Å². The van der Waals surface area contributed by atoms with Gasteiger partial charge in [0.25, 0.3) is 5.91 Å². The molecule has 0 saturated carbocycles. The third kappa shape index (κ3) is 2.02. The number of rotatable bonds is 4. The van der Waals surface area contributed by atoms with Crippen LogP contribution in [-0.2, 0) is 0 Å². The number of carbonyl (C=O) groups excluding carboxylic acids is 1. The SMILES string of the molecule is CCCN(C(=O)c1ccn[nH]1)C1CNC1. The van der Waals surface area contributed by atoms with Gasteiger partial charge in [-0.1, -0.05) is 6.92 Å². The maximum Gasteiger partial charge on any atom is 0.272 e. The van der Waals surface area contributed by atoms with Crippen LogP contribution in [0.25, 0.3) is 0 Å². The van der Waals surface area contributed by atoms with Gasteiger partial charge >= 0.3 is 0 Å². The number of carbonyl (C=O) groups is 1. The molecule has 2 N–H and O–H groups in total. The fourth-order valence-corrected chi connectivity index (χ4v) is 1.71. The zero-order valence-corrected chi connectivity index (χ0v) is 8.86. The molecular formula is C10H16N4O. The molecule has 0 radical (unpaired) electrons. The topological polar surface area (TPSA) is 61.0 Å². The fraction of sp³-hybridized carbons (Fsp3) is 0.600. The lowest BCUT2D eigenvalue weighted by molar-refractivity contribution is 0.0609. The number of hydrogen-bond acceptors (Lipinski definition) is 3. The van der Waals surface area contributed by atoms with Gasteiger partial charge in [0.05, 0.1) is 6.04 Å². The van der Waals surface area contributed by atoms with Gasteiger partial charge in [-0.15, -0.1) is 0 Å². The average molecular weight is 208 g/mol. The molecule has 1 aromatic heterocycles. The number of nitrogens with zero attached hydrogens (tertiary/aromatic N) is 2. The van der Waals surface area contributed by atoms with E-state index in [0.717, 1.165) is 26.1 Å². The van der Waals surface area contributed by atoms with Gasteiger partial charge in [-0.05, 0) is 12.5 Å². The van der Waals surface area contributed by atoms with Crippen molar-refractivity contribution < 1.29 is 4.79 Å². The fourth-order valence-electron chi connectivity index (χ4n) is 1.71. The number of nitrogens with one attached hydrogen (secondary N) is 2. The van der Waals surface area contributed by atoms with E-state index in [4.69, 9.17) is 0 Å². The predicted octanol–water partition coefficient (Wildman–Crippen LogP) is 0.234. The van der Waals surface area contributed by atoms with Crippen LogP contribution in [0.15, 0.2) is 12.3 Å². The minimum atomic E-state index is 0.0563. The lowest BCUT2D eigenvalue weighted by atomic mass is 10.1. The van der Waals surface area contributed by atoms with E-state index in [9.17, 15) is 4.79 Å². The summed E-state index contributed by atoms with van der Waals surface area (Å²) in [5.74, 6) is 0.0563. The summed E-state index contributed by atoms with van der Waals surface area (Å²) in [5.41, 5.74) is 0.579. The minimum absolute atomic E-state index is 0.0563. The van der Waals surface area contributed by atoms with Crippen molar-refractivity contribution in [2.75, 3.05) is 19.6 Å². The van der Waals surface area contributed by atoms with E-state index in [-0.39, 0.29) is 5.91 Å². The Morgan fingerprint density at radius 2 is 2.47 bits per heavy atom. The molecule has 1 fully saturated rings. The standard InChI is InChI=1S/C10H16N4O/c1-2-5-14(8-6-11-7-8)10(15)9-3-4-12-13-9/h3-4,8,11H,2,5-7H2,1H3,(H,12,13). The number of amides is 1. The summed E-state index contributed by atoms with van der Waals surface area (Å²) in [4.78, 5) is 14.0. The van der Waals surface area contributed by atoms with Gasteiger partial charge in [0.2, 0.25) is 0 Å². The average Bonchev–Trinajstić information content (AvgIpc) is 2.66.